The Morgan fingerprint density at radius 2 is 2.16 bits per heavy atom. The Morgan fingerprint density at radius 3 is 2.92 bits per heavy atom. The van der Waals surface area contributed by atoms with Crippen LogP contribution >= 0.6 is 11.3 Å². The number of thiazole rings is 1. The number of aliphatic imine (C=N–C) groups is 1. The van der Waals surface area contributed by atoms with Crippen LogP contribution in [0.15, 0.2) is 34.6 Å². The van der Waals surface area contributed by atoms with Crippen molar-refractivity contribution >= 4 is 17.3 Å². The van der Waals surface area contributed by atoms with Crippen LogP contribution in [0.2, 0.25) is 0 Å². The Morgan fingerprint density at radius 1 is 1.32 bits per heavy atom. The molecular weight excluding hydrogens is 336 g/mol. The molecule has 1 aliphatic heterocycles. The number of hydrogen-bond acceptors (Lipinski definition) is 5. The number of fused-ring (bicyclic) bond motifs is 1. The van der Waals surface area contributed by atoms with Gasteiger partial charge in [-0.1, -0.05) is 19.1 Å². The highest BCUT2D eigenvalue weighted by Crippen LogP contribution is 2.30. The first-order valence-corrected chi connectivity index (χ1v) is 9.42. The topological polar surface area (TPSA) is 67.8 Å². The number of aryl methyl sites for hydroxylation is 1. The number of aromatic nitrogens is 1. The molecule has 0 spiro atoms. The maximum atomic E-state index is 5.94. The van der Waals surface area contributed by atoms with E-state index in [4.69, 9.17) is 9.47 Å². The predicted molar refractivity (Wildman–Crippen MR) is 101 cm³/mol. The van der Waals surface area contributed by atoms with Gasteiger partial charge in [0.05, 0.1) is 17.2 Å². The first-order chi connectivity index (χ1) is 12.3. The van der Waals surface area contributed by atoms with Crippen molar-refractivity contribution in [2.45, 2.75) is 25.9 Å². The van der Waals surface area contributed by atoms with Crippen molar-refractivity contribution < 1.29 is 9.47 Å². The number of nitrogens with zero attached hydrogens (tertiary/aromatic N) is 2. The number of hydrogen-bond donors (Lipinski definition) is 2. The molecule has 1 atom stereocenters. The molecule has 134 valence electrons. The van der Waals surface area contributed by atoms with Gasteiger partial charge < -0.3 is 20.1 Å². The van der Waals surface area contributed by atoms with Gasteiger partial charge in [-0.05, 0) is 18.6 Å². The molecule has 0 amide bonds. The van der Waals surface area contributed by atoms with Gasteiger partial charge in [0.15, 0.2) is 17.5 Å². The summed E-state index contributed by atoms with van der Waals surface area (Å²) in [6, 6.07) is 7.73. The van der Waals surface area contributed by atoms with Gasteiger partial charge in [0, 0.05) is 25.4 Å². The SMILES string of the molecule is CCc1nc(CCNC(=NC)NCC2COc3ccccc3O2)cs1. The molecule has 0 aliphatic carbocycles. The lowest BCUT2D eigenvalue weighted by Gasteiger charge is -2.27. The minimum Gasteiger partial charge on any atom is -0.486 e. The molecule has 3 rings (SSSR count). The molecular formula is C18H24N4O2S. The van der Waals surface area contributed by atoms with Crippen LogP contribution in [0.1, 0.15) is 17.6 Å². The van der Waals surface area contributed by atoms with E-state index in [1.165, 1.54) is 5.01 Å². The first-order valence-electron chi connectivity index (χ1n) is 8.54. The largest absolute Gasteiger partial charge is 0.486 e. The monoisotopic (exact) mass is 360 g/mol. The second-order valence-corrected chi connectivity index (χ2v) is 6.66. The number of guanidine groups is 1. The third-order valence-corrected chi connectivity index (χ3v) is 4.91. The molecule has 1 aromatic carbocycles. The van der Waals surface area contributed by atoms with Crippen LogP contribution in [-0.2, 0) is 12.8 Å². The molecule has 25 heavy (non-hydrogen) atoms. The molecule has 0 radical (unpaired) electrons. The van der Waals surface area contributed by atoms with Gasteiger partial charge in [-0.2, -0.15) is 0 Å². The second-order valence-electron chi connectivity index (χ2n) is 5.71. The van der Waals surface area contributed by atoms with Gasteiger partial charge in [0.25, 0.3) is 0 Å². The summed E-state index contributed by atoms with van der Waals surface area (Å²) in [5, 5.41) is 9.91. The molecule has 6 nitrogen and oxygen atoms in total. The van der Waals surface area contributed by atoms with Crippen LogP contribution in [0.4, 0.5) is 0 Å². The summed E-state index contributed by atoms with van der Waals surface area (Å²) < 4.78 is 11.7. The predicted octanol–water partition coefficient (Wildman–Crippen LogP) is 2.25. The van der Waals surface area contributed by atoms with Crippen LogP contribution < -0.4 is 20.1 Å². The summed E-state index contributed by atoms with van der Waals surface area (Å²) in [7, 11) is 1.76. The smallest absolute Gasteiger partial charge is 0.191 e. The highest BCUT2D eigenvalue weighted by Gasteiger charge is 2.20. The van der Waals surface area contributed by atoms with E-state index in [1.807, 2.05) is 24.3 Å². The zero-order valence-electron chi connectivity index (χ0n) is 14.6. The van der Waals surface area contributed by atoms with Crippen LogP contribution in [-0.4, -0.2) is 43.8 Å². The summed E-state index contributed by atoms with van der Waals surface area (Å²) in [5.41, 5.74) is 1.13. The normalized spacial score (nSPS) is 16.6. The van der Waals surface area contributed by atoms with Crippen LogP contribution in [0.5, 0.6) is 11.5 Å². The molecule has 1 aromatic heterocycles. The van der Waals surface area contributed by atoms with Crippen LogP contribution in [0, 0.1) is 0 Å². The second kappa shape index (κ2) is 8.71. The molecule has 0 saturated heterocycles. The van der Waals surface area contributed by atoms with Gasteiger partial charge in [0.2, 0.25) is 0 Å². The first kappa shape index (κ1) is 17.5. The molecule has 2 N–H and O–H groups in total. The summed E-state index contributed by atoms with van der Waals surface area (Å²) in [5.74, 6) is 2.35. The number of nitrogens with one attached hydrogen (secondary N) is 2. The highest BCUT2D eigenvalue weighted by molar-refractivity contribution is 7.09. The fourth-order valence-corrected chi connectivity index (χ4v) is 3.31. The van der Waals surface area contributed by atoms with E-state index < -0.39 is 0 Å². The van der Waals surface area contributed by atoms with Crippen molar-refractivity contribution in [2.24, 2.45) is 4.99 Å². The average molecular weight is 360 g/mol. The van der Waals surface area contributed by atoms with E-state index >= 15 is 0 Å². The molecule has 2 heterocycles. The van der Waals surface area contributed by atoms with Crippen LogP contribution in [0.25, 0.3) is 0 Å². The maximum Gasteiger partial charge on any atom is 0.191 e. The van der Waals surface area contributed by atoms with Gasteiger partial charge in [-0.3, -0.25) is 4.99 Å². The Bertz CT molecular complexity index is 717. The minimum atomic E-state index is -0.0425. The molecule has 1 unspecified atom stereocenters. The Hall–Kier alpha value is -2.28. The van der Waals surface area contributed by atoms with E-state index in [1.54, 1.807) is 18.4 Å². The summed E-state index contributed by atoms with van der Waals surface area (Å²) >= 11 is 1.72. The number of ether oxygens (including phenoxy) is 2. The molecule has 1 aliphatic rings. The van der Waals surface area contributed by atoms with E-state index in [2.05, 4.69) is 32.9 Å². The molecule has 7 heteroatoms. The van der Waals surface area contributed by atoms with Crippen molar-refractivity contribution in [1.29, 1.82) is 0 Å². The summed E-state index contributed by atoms with van der Waals surface area (Å²) in [4.78, 5) is 8.82. The quantitative estimate of drug-likeness (QED) is 0.611. The fourth-order valence-electron chi connectivity index (χ4n) is 2.53. The van der Waals surface area contributed by atoms with Gasteiger partial charge in [-0.15, -0.1) is 11.3 Å². The number of benzene rings is 1. The van der Waals surface area contributed by atoms with Crippen molar-refractivity contribution in [3.63, 3.8) is 0 Å². The molecule has 2 aromatic rings. The molecule has 0 fully saturated rings. The number of para-hydroxylation sites is 2. The highest BCUT2D eigenvalue weighted by atomic mass is 32.1. The van der Waals surface area contributed by atoms with Gasteiger partial charge >= 0.3 is 0 Å². The Balaban J connectivity index is 1.41. The van der Waals surface area contributed by atoms with Crippen molar-refractivity contribution in [2.75, 3.05) is 26.7 Å². The van der Waals surface area contributed by atoms with E-state index in [0.29, 0.717) is 13.2 Å². The lowest BCUT2D eigenvalue weighted by atomic mass is 10.2. The zero-order valence-corrected chi connectivity index (χ0v) is 15.4. The summed E-state index contributed by atoms with van der Waals surface area (Å²) in [6.45, 7) is 4.07. The fraction of sp³-hybridized carbons (Fsp3) is 0.444. The summed E-state index contributed by atoms with van der Waals surface area (Å²) in [6.07, 6.45) is 1.83. The van der Waals surface area contributed by atoms with Crippen molar-refractivity contribution in [1.82, 2.24) is 15.6 Å². The Kier molecular flexibility index (Phi) is 6.11. The van der Waals surface area contributed by atoms with Gasteiger partial charge in [0.1, 0.15) is 12.7 Å². The van der Waals surface area contributed by atoms with Crippen molar-refractivity contribution in [3.05, 3.63) is 40.3 Å². The molecule has 0 bridgehead atoms. The molecule has 0 saturated carbocycles. The minimum absolute atomic E-state index is 0.0425. The maximum absolute atomic E-state index is 5.94. The van der Waals surface area contributed by atoms with Gasteiger partial charge in [-0.25, -0.2) is 4.98 Å². The third-order valence-electron chi connectivity index (χ3n) is 3.86. The Labute approximate surface area is 152 Å². The van der Waals surface area contributed by atoms with Crippen molar-refractivity contribution in [3.8, 4) is 11.5 Å². The van der Waals surface area contributed by atoms with E-state index in [-0.39, 0.29) is 6.10 Å². The van der Waals surface area contributed by atoms with E-state index in [9.17, 15) is 0 Å². The lowest BCUT2D eigenvalue weighted by Crippen LogP contribution is -2.45. The average Bonchev–Trinajstić information content (AvgIpc) is 3.12. The number of rotatable bonds is 6. The van der Waals surface area contributed by atoms with Crippen LogP contribution in [0.3, 0.4) is 0 Å². The third kappa shape index (κ3) is 4.85. The lowest BCUT2D eigenvalue weighted by molar-refractivity contribution is 0.0936. The van der Waals surface area contributed by atoms with E-state index in [0.717, 1.165) is 42.5 Å². The standard InChI is InChI=1S/C18H24N4O2S/c1-3-17-22-13(12-25-17)8-9-20-18(19-2)21-10-14-11-23-15-6-4-5-7-16(15)24-14/h4-7,12,14H,3,8-11H2,1-2H3,(H2,19,20,21). The zero-order chi connectivity index (χ0) is 17.5.